The van der Waals surface area contributed by atoms with Crippen molar-refractivity contribution >= 4 is 28.6 Å². The Morgan fingerprint density at radius 1 is 1.23 bits per heavy atom. The number of nitrogens with zero attached hydrogens (tertiary/aromatic N) is 2. The van der Waals surface area contributed by atoms with Gasteiger partial charge in [0.05, 0.1) is 11.2 Å². The van der Waals surface area contributed by atoms with Gasteiger partial charge >= 0.3 is 6.30 Å². The first-order chi connectivity index (χ1) is 14.0. The molecule has 0 aliphatic rings. The Morgan fingerprint density at radius 2 is 1.97 bits per heavy atom. The van der Waals surface area contributed by atoms with Gasteiger partial charge in [-0.05, 0) is 42.7 Å². The van der Waals surface area contributed by atoms with E-state index >= 15 is 0 Å². The number of aliphatic hydroxyl groups excluding tert-OH is 1. The summed E-state index contributed by atoms with van der Waals surface area (Å²) in [5.41, 5.74) is 0.909. The summed E-state index contributed by atoms with van der Waals surface area (Å²) in [5, 5.41) is 16.7. The van der Waals surface area contributed by atoms with Crippen molar-refractivity contribution in [3.63, 3.8) is 0 Å². The summed E-state index contributed by atoms with van der Waals surface area (Å²) in [6, 6.07) is 7.77. The third kappa shape index (κ3) is 5.33. The van der Waals surface area contributed by atoms with Crippen LogP contribution >= 0.6 is 22.9 Å². The van der Waals surface area contributed by atoms with E-state index in [1.54, 1.807) is 6.07 Å². The van der Waals surface area contributed by atoms with Gasteiger partial charge in [0, 0.05) is 33.1 Å². The highest BCUT2D eigenvalue weighted by Gasteiger charge is 2.31. The van der Waals surface area contributed by atoms with Crippen molar-refractivity contribution in [2.24, 2.45) is 5.92 Å². The van der Waals surface area contributed by atoms with Gasteiger partial charge in [-0.2, -0.15) is 9.78 Å². The molecule has 0 amide bonds. The van der Waals surface area contributed by atoms with Gasteiger partial charge in [0.25, 0.3) is 0 Å². The number of alkyl halides is 3. The number of hydrogen-bond acceptors (Lipinski definition) is 4. The van der Waals surface area contributed by atoms with Crippen molar-refractivity contribution in [2.75, 3.05) is 5.32 Å². The molecule has 3 rings (SSSR count). The molecule has 0 bridgehead atoms. The monoisotopic (exact) mass is 461 g/mol. The fraction of sp³-hybridized carbons (Fsp3) is 0.350. The van der Waals surface area contributed by atoms with Crippen molar-refractivity contribution in [1.29, 1.82) is 0 Å². The predicted molar refractivity (Wildman–Crippen MR) is 110 cm³/mol. The van der Waals surface area contributed by atoms with Gasteiger partial charge in [-0.3, -0.25) is 0 Å². The van der Waals surface area contributed by atoms with E-state index in [1.165, 1.54) is 35.7 Å². The molecule has 3 atom stereocenters. The largest absolute Gasteiger partial charge is 0.504 e. The average Bonchev–Trinajstić information content (AvgIpc) is 3.33. The summed E-state index contributed by atoms with van der Waals surface area (Å²) in [6.45, 7) is 3.87. The summed E-state index contributed by atoms with van der Waals surface area (Å²) in [4.78, 5) is 1.69. The highest BCUT2D eigenvalue weighted by Crippen LogP contribution is 2.36. The highest BCUT2D eigenvalue weighted by atomic mass is 35.5. The normalized spacial score (nSPS) is 15.1. The number of anilines is 1. The zero-order valence-corrected chi connectivity index (χ0v) is 17.7. The molecule has 0 radical (unpaired) electrons. The molecule has 2 aromatic heterocycles. The first-order valence-corrected chi connectivity index (χ1v) is 10.4. The second-order valence-electron chi connectivity index (χ2n) is 7.18. The first kappa shape index (κ1) is 22.6. The maximum Gasteiger partial charge on any atom is 0.504 e. The SMILES string of the molecule is C[C@H](C[C@H](C)c1ccc(-c2cnn(C(F)(F)F)c2)s1)C(O)Nc1ccc(F)c(Cl)c1. The minimum atomic E-state index is -4.54. The summed E-state index contributed by atoms with van der Waals surface area (Å²) in [5.74, 6) is -0.611. The van der Waals surface area contributed by atoms with Crippen LogP contribution in [0.5, 0.6) is 0 Å². The van der Waals surface area contributed by atoms with Gasteiger partial charge in [0.1, 0.15) is 12.0 Å². The molecule has 0 spiro atoms. The number of hydrogen-bond donors (Lipinski definition) is 2. The van der Waals surface area contributed by atoms with E-state index in [4.69, 9.17) is 11.6 Å². The molecule has 1 aromatic carbocycles. The molecule has 30 heavy (non-hydrogen) atoms. The topological polar surface area (TPSA) is 50.1 Å². The van der Waals surface area contributed by atoms with E-state index in [-0.39, 0.29) is 21.5 Å². The highest BCUT2D eigenvalue weighted by molar-refractivity contribution is 7.15. The number of rotatable bonds is 7. The van der Waals surface area contributed by atoms with Gasteiger partial charge < -0.3 is 10.4 Å². The zero-order valence-electron chi connectivity index (χ0n) is 16.1. The molecule has 0 saturated carbocycles. The Labute approximate surface area is 180 Å². The van der Waals surface area contributed by atoms with Crippen LogP contribution in [0, 0.1) is 11.7 Å². The average molecular weight is 462 g/mol. The molecule has 0 aliphatic heterocycles. The Kier molecular flexibility index (Phi) is 6.74. The van der Waals surface area contributed by atoms with Crippen molar-refractivity contribution in [3.8, 4) is 10.4 Å². The molecule has 162 valence electrons. The van der Waals surface area contributed by atoms with E-state index < -0.39 is 18.3 Å². The number of aliphatic hydroxyl groups is 1. The fourth-order valence-electron chi connectivity index (χ4n) is 3.06. The van der Waals surface area contributed by atoms with Gasteiger partial charge in [-0.1, -0.05) is 25.4 Å². The molecule has 1 unspecified atom stereocenters. The van der Waals surface area contributed by atoms with Gasteiger partial charge in [-0.25, -0.2) is 4.39 Å². The summed E-state index contributed by atoms with van der Waals surface area (Å²) in [7, 11) is 0. The first-order valence-electron chi connectivity index (χ1n) is 9.16. The fourth-order valence-corrected chi connectivity index (χ4v) is 4.29. The molecular weight excluding hydrogens is 442 g/mol. The van der Waals surface area contributed by atoms with Crippen LogP contribution in [0.3, 0.4) is 0 Å². The molecular formula is C20H20ClF4N3OS. The smallest absolute Gasteiger partial charge is 0.374 e. The minimum Gasteiger partial charge on any atom is -0.374 e. The van der Waals surface area contributed by atoms with E-state index in [0.29, 0.717) is 22.5 Å². The summed E-state index contributed by atoms with van der Waals surface area (Å²) >= 11 is 7.15. The minimum absolute atomic E-state index is 0.0169. The van der Waals surface area contributed by atoms with Crippen LogP contribution in [-0.4, -0.2) is 21.1 Å². The number of halogens is 5. The Bertz CT molecular complexity index is 1000. The van der Waals surface area contributed by atoms with Crippen molar-refractivity contribution in [3.05, 3.63) is 58.4 Å². The number of nitrogens with one attached hydrogen (secondary N) is 1. The summed E-state index contributed by atoms with van der Waals surface area (Å²) in [6.07, 6.45) is -2.63. The molecule has 0 fully saturated rings. The maximum absolute atomic E-state index is 13.3. The molecule has 0 saturated heterocycles. The van der Waals surface area contributed by atoms with Gasteiger partial charge in [-0.15, -0.1) is 24.5 Å². The van der Waals surface area contributed by atoms with E-state index in [2.05, 4.69) is 10.4 Å². The lowest BCUT2D eigenvalue weighted by Crippen LogP contribution is -2.27. The molecule has 2 heterocycles. The standard InChI is InChI=1S/C20H20ClF4N3OS/c1-11(7-12(2)19(29)27-14-3-4-16(22)15(21)8-14)17-5-6-18(30-17)13-9-26-28(10-13)20(23,24)25/h3-6,8-12,19,27,29H,7H2,1-2H3/t11-,12+,19?/m0/s1. The van der Waals surface area contributed by atoms with Gasteiger partial charge in [0.2, 0.25) is 0 Å². The second kappa shape index (κ2) is 8.95. The maximum atomic E-state index is 13.3. The summed E-state index contributed by atoms with van der Waals surface area (Å²) < 4.78 is 51.4. The van der Waals surface area contributed by atoms with E-state index in [0.717, 1.165) is 11.1 Å². The lowest BCUT2D eigenvalue weighted by atomic mass is 9.94. The van der Waals surface area contributed by atoms with Crippen LogP contribution in [-0.2, 0) is 6.30 Å². The molecule has 4 nitrogen and oxygen atoms in total. The lowest BCUT2D eigenvalue weighted by molar-refractivity contribution is -0.212. The van der Waals surface area contributed by atoms with Crippen LogP contribution in [0.4, 0.5) is 23.2 Å². The quantitative estimate of drug-likeness (QED) is 0.314. The molecule has 0 aliphatic carbocycles. The van der Waals surface area contributed by atoms with Crippen molar-refractivity contribution < 1.29 is 22.7 Å². The number of benzene rings is 1. The Morgan fingerprint density at radius 3 is 2.60 bits per heavy atom. The Balaban J connectivity index is 1.62. The van der Waals surface area contributed by atoms with Crippen LogP contribution in [0.15, 0.2) is 42.7 Å². The Hall–Kier alpha value is -2.10. The van der Waals surface area contributed by atoms with E-state index in [9.17, 15) is 22.7 Å². The number of aromatic nitrogens is 2. The van der Waals surface area contributed by atoms with Gasteiger partial charge in [0.15, 0.2) is 0 Å². The van der Waals surface area contributed by atoms with Crippen molar-refractivity contribution in [2.45, 2.75) is 38.7 Å². The van der Waals surface area contributed by atoms with Crippen LogP contribution in [0.2, 0.25) is 5.02 Å². The molecule has 10 heteroatoms. The zero-order chi connectivity index (χ0) is 22.1. The number of thiophene rings is 1. The van der Waals surface area contributed by atoms with Crippen LogP contribution in [0.1, 0.15) is 31.1 Å². The molecule has 2 N–H and O–H groups in total. The third-order valence-electron chi connectivity index (χ3n) is 4.74. The lowest BCUT2D eigenvalue weighted by Gasteiger charge is -2.23. The van der Waals surface area contributed by atoms with Crippen LogP contribution < -0.4 is 5.32 Å². The third-order valence-corrected chi connectivity index (χ3v) is 6.39. The molecule has 3 aromatic rings. The second-order valence-corrected chi connectivity index (χ2v) is 8.70. The van der Waals surface area contributed by atoms with E-state index in [1.807, 2.05) is 19.9 Å². The van der Waals surface area contributed by atoms with Crippen LogP contribution in [0.25, 0.3) is 10.4 Å². The van der Waals surface area contributed by atoms with Crippen molar-refractivity contribution in [1.82, 2.24) is 9.78 Å². The predicted octanol–water partition coefficient (Wildman–Crippen LogP) is 6.44.